The maximum atomic E-state index is 9.00. The fraction of sp³-hybridized carbons (Fsp3) is 0.500. The summed E-state index contributed by atoms with van der Waals surface area (Å²) in [6.07, 6.45) is 0. The number of hydrogen-bond donors (Lipinski definition) is 5. The smallest absolute Gasteiger partial charge is 0.300 e. The van der Waals surface area contributed by atoms with Crippen molar-refractivity contribution in [3.05, 3.63) is 13.2 Å². The molecular weight excluding hydrogens is 244 g/mol. The Hall–Kier alpha value is -1.93. The maximum absolute atomic E-state index is 9.00. The van der Waals surface area contributed by atoms with Crippen LogP contribution in [0.15, 0.2) is 13.2 Å². The van der Waals surface area contributed by atoms with Crippen LogP contribution in [0.25, 0.3) is 0 Å². The lowest BCUT2D eigenvalue weighted by Gasteiger charge is -1.72. The Balaban J connectivity index is -0.0000000399. The summed E-state index contributed by atoms with van der Waals surface area (Å²) >= 11 is 0. The molecule has 0 heterocycles. The van der Waals surface area contributed by atoms with Crippen LogP contribution >= 0.6 is 0 Å². The van der Waals surface area contributed by atoms with Gasteiger partial charge in [0, 0.05) is 33.9 Å². The Labute approximate surface area is 107 Å². The molecule has 0 bridgehead atoms. The van der Waals surface area contributed by atoms with E-state index in [0.29, 0.717) is 13.1 Å². The molecule has 0 aliphatic heterocycles. The summed E-state index contributed by atoms with van der Waals surface area (Å²) in [4.78, 5) is 27.0. The average molecular weight is 268 g/mol. The lowest BCUT2D eigenvalue weighted by Crippen LogP contribution is -2.11. The zero-order valence-electron chi connectivity index (χ0n) is 11.0. The molecule has 0 fully saturated rings. The molecule has 0 atom stereocenters. The molecule has 0 aliphatic rings. The summed E-state index contributed by atoms with van der Waals surface area (Å²) in [5, 5.41) is 22.2. The third kappa shape index (κ3) is 2780. The van der Waals surface area contributed by atoms with E-state index in [0.717, 1.165) is 20.8 Å². The van der Waals surface area contributed by atoms with Crippen molar-refractivity contribution in [2.45, 2.75) is 20.8 Å². The van der Waals surface area contributed by atoms with Gasteiger partial charge in [-0.05, 0) is 0 Å². The molecule has 0 saturated carbocycles. The predicted molar refractivity (Wildman–Crippen MR) is 69.3 cm³/mol. The highest BCUT2D eigenvalue weighted by Gasteiger charge is 1.66. The molecule has 7 N–H and O–H groups in total. The van der Waals surface area contributed by atoms with Crippen molar-refractivity contribution in [1.82, 2.24) is 0 Å². The number of nitrogens with two attached hydrogens (primary N) is 2. The molecule has 0 aromatic rings. The fourth-order valence-electron chi connectivity index (χ4n) is 0. The Kier molecular flexibility index (Phi) is 60.0. The van der Waals surface area contributed by atoms with Crippen LogP contribution in [0.2, 0.25) is 0 Å². The van der Waals surface area contributed by atoms with Gasteiger partial charge >= 0.3 is 0 Å². The number of carboxylic acid groups (broad SMARTS) is 3. The molecule has 0 unspecified atom stereocenters. The highest BCUT2D eigenvalue weighted by Crippen LogP contribution is 1.42. The lowest BCUT2D eigenvalue weighted by molar-refractivity contribution is -0.135. The van der Waals surface area contributed by atoms with E-state index in [4.69, 9.17) is 41.2 Å². The molecule has 8 heteroatoms. The number of carbonyl (C=O) groups is 3. The molecule has 8 nitrogen and oxygen atoms in total. The molecule has 18 heavy (non-hydrogen) atoms. The molecule has 0 aliphatic carbocycles. The lowest BCUT2D eigenvalue weighted by atomic mass is 10.7. The van der Waals surface area contributed by atoms with Gasteiger partial charge in [0.15, 0.2) is 0 Å². The minimum atomic E-state index is -0.833. The van der Waals surface area contributed by atoms with Gasteiger partial charge in [-0.2, -0.15) is 0 Å². The Bertz CT molecular complexity index is 154. The highest BCUT2D eigenvalue weighted by atomic mass is 16.4. The minimum Gasteiger partial charge on any atom is -0.481 e. The Morgan fingerprint density at radius 3 is 0.833 bits per heavy atom. The first kappa shape index (κ1) is 29.8. The third-order valence-electron chi connectivity index (χ3n) is 0.167. The van der Waals surface area contributed by atoms with E-state index < -0.39 is 17.9 Å². The first-order valence-electron chi connectivity index (χ1n) is 4.60. The average Bonchev–Trinajstić information content (AvgIpc) is 2.18. The SMILES string of the molecule is C=C.CC(=O)O.CC(=O)O.CC(=O)O.NCCN. The summed E-state index contributed by atoms with van der Waals surface area (Å²) in [6, 6.07) is 0. The quantitative estimate of drug-likeness (QED) is 0.414. The van der Waals surface area contributed by atoms with Crippen molar-refractivity contribution in [1.29, 1.82) is 0 Å². The van der Waals surface area contributed by atoms with Crippen LogP contribution in [0.1, 0.15) is 20.8 Å². The van der Waals surface area contributed by atoms with Crippen molar-refractivity contribution in [2.75, 3.05) is 13.1 Å². The molecule has 0 radical (unpaired) electrons. The van der Waals surface area contributed by atoms with Gasteiger partial charge in [-0.3, -0.25) is 14.4 Å². The summed E-state index contributed by atoms with van der Waals surface area (Å²) in [7, 11) is 0. The van der Waals surface area contributed by atoms with E-state index in [2.05, 4.69) is 13.2 Å². The van der Waals surface area contributed by atoms with Gasteiger partial charge in [0.25, 0.3) is 17.9 Å². The summed E-state index contributed by atoms with van der Waals surface area (Å²) in [5.74, 6) is -2.50. The Morgan fingerprint density at radius 2 is 0.833 bits per heavy atom. The van der Waals surface area contributed by atoms with Crippen LogP contribution < -0.4 is 11.5 Å². The van der Waals surface area contributed by atoms with Gasteiger partial charge in [0.05, 0.1) is 0 Å². The normalized spacial score (nSPS) is 6.06. The van der Waals surface area contributed by atoms with Crippen molar-refractivity contribution in [3.63, 3.8) is 0 Å². The molecule has 0 rings (SSSR count). The van der Waals surface area contributed by atoms with Gasteiger partial charge in [-0.25, -0.2) is 0 Å². The van der Waals surface area contributed by atoms with Crippen molar-refractivity contribution in [2.24, 2.45) is 11.5 Å². The van der Waals surface area contributed by atoms with Crippen LogP contribution in [0.5, 0.6) is 0 Å². The molecule has 0 aromatic heterocycles. The number of carboxylic acids is 3. The predicted octanol–water partition coefficient (Wildman–Crippen LogP) is -0.0213. The zero-order valence-corrected chi connectivity index (χ0v) is 11.0. The van der Waals surface area contributed by atoms with E-state index in [9.17, 15) is 0 Å². The van der Waals surface area contributed by atoms with Gasteiger partial charge in [-0.1, -0.05) is 0 Å². The van der Waals surface area contributed by atoms with Gasteiger partial charge in [-0.15, -0.1) is 13.2 Å². The van der Waals surface area contributed by atoms with Crippen LogP contribution in [0.3, 0.4) is 0 Å². The minimum absolute atomic E-state index is 0.597. The summed E-state index contributed by atoms with van der Waals surface area (Å²) in [5.41, 5.74) is 9.81. The first-order valence-corrected chi connectivity index (χ1v) is 4.60. The van der Waals surface area contributed by atoms with Crippen LogP contribution in [-0.4, -0.2) is 46.3 Å². The third-order valence-corrected chi connectivity index (χ3v) is 0.167. The van der Waals surface area contributed by atoms with E-state index in [1.807, 2.05) is 0 Å². The topological polar surface area (TPSA) is 164 Å². The fourth-order valence-corrected chi connectivity index (χ4v) is 0. The second kappa shape index (κ2) is 36.3. The molecule has 0 amide bonds. The standard InChI is InChI=1S/C2H8N2.3C2H4O2.C2H4/c3-1-2-4;3*1-2(3)4;1-2/h1-4H2;3*1H3,(H,3,4);1-2H2. The van der Waals surface area contributed by atoms with Gasteiger partial charge < -0.3 is 26.8 Å². The monoisotopic (exact) mass is 268 g/mol. The zero-order chi connectivity index (χ0) is 16.1. The van der Waals surface area contributed by atoms with Gasteiger partial charge in [0.2, 0.25) is 0 Å². The molecule has 110 valence electrons. The van der Waals surface area contributed by atoms with Crippen LogP contribution in [0.4, 0.5) is 0 Å². The second-order valence-corrected chi connectivity index (χ2v) is 2.13. The molecule has 0 saturated heterocycles. The molecule has 0 aromatic carbocycles. The molecular formula is C10H24N2O6. The largest absolute Gasteiger partial charge is 0.481 e. The van der Waals surface area contributed by atoms with E-state index >= 15 is 0 Å². The van der Waals surface area contributed by atoms with Crippen LogP contribution in [-0.2, 0) is 14.4 Å². The van der Waals surface area contributed by atoms with Crippen LogP contribution in [0, 0.1) is 0 Å². The van der Waals surface area contributed by atoms with Gasteiger partial charge in [0.1, 0.15) is 0 Å². The first-order chi connectivity index (χ1) is 8.11. The number of aliphatic carboxylic acids is 3. The second-order valence-electron chi connectivity index (χ2n) is 2.13. The molecule has 0 spiro atoms. The van der Waals surface area contributed by atoms with Crippen molar-refractivity contribution < 1.29 is 29.7 Å². The summed E-state index contributed by atoms with van der Waals surface area (Å²) < 4.78 is 0. The number of rotatable bonds is 1. The van der Waals surface area contributed by atoms with E-state index in [-0.39, 0.29) is 0 Å². The van der Waals surface area contributed by atoms with Crippen molar-refractivity contribution >= 4 is 17.9 Å². The number of hydrogen-bond acceptors (Lipinski definition) is 5. The summed E-state index contributed by atoms with van der Waals surface area (Å²) in [6.45, 7) is 10.4. The highest BCUT2D eigenvalue weighted by molar-refractivity contribution is 5.63. The van der Waals surface area contributed by atoms with Crippen molar-refractivity contribution in [3.8, 4) is 0 Å². The van der Waals surface area contributed by atoms with E-state index in [1.54, 1.807) is 0 Å². The maximum Gasteiger partial charge on any atom is 0.300 e. The Morgan fingerprint density at radius 1 is 0.778 bits per heavy atom. The van der Waals surface area contributed by atoms with E-state index in [1.165, 1.54) is 0 Å².